The maximum Gasteiger partial charge on any atom is 0.190 e. The molecule has 0 aliphatic heterocycles. The van der Waals surface area contributed by atoms with Gasteiger partial charge in [-0.1, -0.05) is 71.9 Å². The number of carbonyl (C=O) groups is 6. The quantitative estimate of drug-likeness (QED) is 0.449. The number of carbonyl (C=O) groups excluding carboxylic acids is 6. The Morgan fingerprint density at radius 1 is 0.955 bits per heavy atom. The van der Waals surface area contributed by atoms with Crippen LogP contribution >= 0.6 is 0 Å². The van der Waals surface area contributed by atoms with Crippen LogP contribution in [-0.2, 0) is 30.4 Å². The van der Waals surface area contributed by atoms with Gasteiger partial charge in [0.2, 0.25) is 0 Å². The van der Waals surface area contributed by atoms with E-state index in [4.69, 9.17) is 0 Å². The molecular weight excluding hydrogens is 560 g/mol. The first-order chi connectivity index (χ1) is 20.5. The van der Waals surface area contributed by atoms with E-state index in [0.717, 1.165) is 18.1 Å². The van der Waals surface area contributed by atoms with Gasteiger partial charge in [-0.25, -0.2) is 0 Å². The number of aromatic hydroxyl groups is 1. The third-order valence-corrected chi connectivity index (χ3v) is 10.8. The molecule has 5 rings (SSSR count). The van der Waals surface area contributed by atoms with Crippen molar-refractivity contribution in [1.82, 2.24) is 0 Å². The fourth-order valence-corrected chi connectivity index (χ4v) is 8.85. The number of hydrogen-bond donors (Lipinski definition) is 2. The average molecular weight is 601 g/mol. The van der Waals surface area contributed by atoms with Crippen LogP contribution in [0.15, 0.2) is 36.4 Å². The van der Waals surface area contributed by atoms with Gasteiger partial charge in [-0.15, -0.1) is 0 Å². The molecule has 0 saturated heterocycles. The predicted octanol–water partition coefficient (Wildman–Crippen LogP) is 4.84. The summed E-state index contributed by atoms with van der Waals surface area (Å²) in [6, 6.07) is 10.6. The van der Waals surface area contributed by atoms with Crippen molar-refractivity contribution in [3.8, 4) is 16.9 Å². The standard InChI is InChI=1S/C36H40O8/c1-8-24(38)18(4)20-9-11-21(12-10-20)22-13-14-25(39)27-23(22)15-34(6)16-35(7)28(17(2)3)30(40)26(19(5)37)32(42)36(35,44)33(43)29(34)31(27)41/h9-14,17-18,26,28-29,39,44H,8,15-16H2,1-7H3/t18?,26?,28?,29?,34-,35-,36+/m1/s1. The number of fused-ring (bicyclic) bond motifs is 3. The molecule has 2 saturated carbocycles. The molecule has 0 amide bonds. The monoisotopic (exact) mass is 600 g/mol. The lowest BCUT2D eigenvalue weighted by Crippen LogP contribution is -2.76. The van der Waals surface area contributed by atoms with Crippen molar-refractivity contribution >= 4 is 34.7 Å². The first kappa shape index (κ1) is 31.6. The van der Waals surface area contributed by atoms with Crippen LogP contribution in [0.2, 0.25) is 0 Å². The largest absolute Gasteiger partial charge is 0.507 e. The summed E-state index contributed by atoms with van der Waals surface area (Å²) in [5.74, 6) is -9.31. The van der Waals surface area contributed by atoms with Gasteiger partial charge < -0.3 is 10.2 Å². The number of phenolic OH excluding ortho intramolecular Hbond substituents is 1. The van der Waals surface area contributed by atoms with E-state index in [2.05, 4.69) is 0 Å². The van der Waals surface area contributed by atoms with Gasteiger partial charge in [-0.3, -0.25) is 28.8 Å². The zero-order valence-corrected chi connectivity index (χ0v) is 26.3. The molecule has 0 heterocycles. The first-order valence-corrected chi connectivity index (χ1v) is 15.3. The Bertz CT molecular complexity index is 1630. The third-order valence-electron chi connectivity index (χ3n) is 10.8. The fourth-order valence-electron chi connectivity index (χ4n) is 8.85. The molecule has 2 aromatic rings. The smallest absolute Gasteiger partial charge is 0.190 e. The summed E-state index contributed by atoms with van der Waals surface area (Å²) in [4.78, 5) is 81.0. The molecule has 3 aliphatic rings. The van der Waals surface area contributed by atoms with Crippen LogP contribution in [0, 0.1) is 34.5 Å². The molecule has 7 atom stereocenters. The summed E-state index contributed by atoms with van der Waals surface area (Å²) < 4.78 is 0. The summed E-state index contributed by atoms with van der Waals surface area (Å²) in [5, 5.41) is 23.1. The summed E-state index contributed by atoms with van der Waals surface area (Å²) in [6.45, 7) is 11.6. The maximum absolute atomic E-state index is 14.4. The molecule has 3 aliphatic carbocycles. The molecule has 0 aromatic heterocycles. The Balaban J connectivity index is 1.67. The number of benzene rings is 2. The second-order valence-electron chi connectivity index (χ2n) is 14.0. The predicted molar refractivity (Wildman–Crippen MR) is 162 cm³/mol. The molecule has 2 fully saturated rings. The minimum absolute atomic E-state index is 0.00623. The van der Waals surface area contributed by atoms with E-state index in [1.54, 1.807) is 33.8 Å². The first-order valence-electron chi connectivity index (χ1n) is 15.3. The van der Waals surface area contributed by atoms with E-state index in [1.165, 1.54) is 6.07 Å². The van der Waals surface area contributed by atoms with E-state index in [0.29, 0.717) is 17.5 Å². The summed E-state index contributed by atoms with van der Waals surface area (Å²) in [6.07, 6.45) is 0.580. The van der Waals surface area contributed by atoms with E-state index in [9.17, 15) is 39.0 Å². The summed E-state index contributed by atoms with van der Waals surface area (Å²) >= 11 is 0. The van der Waals surface area contributed by atoms with Crippen molar-refractivity contribution in [1.29, 1.82) is 0 Å². The van der Waals surface area contributed by atoms with Gasteiger partial charge in [0.15, 0.2) is 28.7 Å². The molecule has 0 bridgehead atoms. The minimum Gasteiger partial charge on any atom is -0.507 e. The lowest BCUT2D eigenvalue weighted by molar-refractivity contribution is -0.205. The lowest BCUT2D eigenvalue weighted by atomic mass is 9.40. The van der Waals surface area contributed by atoms with Gasteiger partial charge in [0.25, 0.3) is 0 Å². The second-order valence-corrected chi connectivity index (χ2v) is 14.0. The molecule has 8 heteroatoms. The highest BCUT2D eigenvalue weighted by atomic mass is 16.3. The van der Waals surface area contributed by atoms with Gasteiger partial charge in [0.05, 0.1) is 11.5 Å². The minimum atomic E-state index is -2.72. The van der Waals surface area contributed by atoms with Crippen molar-refractivity contribution < 1.29 is 39.0 Å². The molecule has 8 nitrogen and oxygen atoms in total. The summed E-state index contributed by atoms with van der Waals surface area (Å²) in [7, 11) is 0. The van der Waals surface area contributed by atoms with Gasteiger partial charge in [0, 0.05) is 23.7 Å². The van der Waals surface area contributed by atoms with Crippen molar-refractivity contribution in [2.45, 2.75) is 79.2 Å². The number of Topliss-reactive ketones (excluding diaryl/α,β-unsaturated/α-hetero) is 6. The molecule has 44 heavy (non-hydrogen) atoms. The maximum atomic E-state index is 14.4. The Kier molecular flexibility index (Phi) is 7.48. The highest BCUT2D eigenvalue weighted by Gasteiger charge is 2.76. The van der Waals surface area contributed by atoms with Crippen LogP contribution in [0.4, 0.5) is 0 Å². The number of rotatable bonds is 6. The van der Waals surface area contributed by atoms with Gasteiger partial charge in [-0.05, 0) is 59.4 Å². The normalized spacial score (nSPS) is 32.2. The van der Waals surface area contributed by atoms with E-state index >= 15 is 0 Å². The van der Waals surface area contributed by atoms with Crippen LogP contribution in [-0.4, -0.2) is 50.5 Å². The second kappa shape index (κ2) is 10.4. The van der Waals surface area contributed by atoms with Crippen molar-refractivity contribution in [3.63, 3.8) is 0 Å². The average Bonchev–Trinajstić information content (AvgIpc) is 2.94. The number of aliphatic hydroxyl groups is 1. The third kappa shape index (κ3) is 4.13. The van der Waals surface area contributed by atoms with E-state index < -0.39 is 69.0 Å². The highest BCUT2D eigenvalue weighted by molar-refractivity contribution is 6.32. The van der Waals surface area contributed by atoms with Crippen LogP contribution in [0.3, 0.4) is 0 Å². The van der Waals surface area contributed by atoms with E-state index in [1.807, 2.05) is 38.1 Å². The van der Waals surface area contributed by atoms with Crippen molar-refractivity contribution in [2.75, 3.05) is 0 Å². The molecule has 232 valence electrons. The zero-order chi connectivity index (χ0) is 32.7. The van der Waals surface area contributed by atoms with Crippen LogP contribution in [0.1, 0.15) is 88.7 Å². The highest BCUT2D eigenvalue weighted by Crippen LogP contribution is 2.64. The van der Waals surface area contributed by atoms with Crippen LogP contribution in [0.5, 0.6) is 5.75 Å². The molecule has 2 aromatic carbocycles. The number of ketones is 6. The van der Waals surface area contributed by atoms with Gasteiger partial charge >= 0.3 is 0 Å². The molecule has 4 unspecified atom stereocenters. The lowest BCUT2D eigenvalue weighted by Gasteiger charge is -2.61. The van der Waals surface area contributed by atoms with Crippen LogP contribution in [0.25, 0.3) is 11.1 Å². The molecule has 0 radical (unpaired) electrons. The van der Waals surface area contributed by atoms with Crippen molar-refractivity contribution in [2.24, 2.45) is 34.5 Å². The fraction of sp³-hybridized carbons (Fsp3) is 0.500. The van der Waals surface area contributed by atoms with E-state index in [-0.39, 0.29) is 35.9 Å². The Morgan fingerprint density at radius 2 is 1.57 bits per heavy atom. The number of hydrogen-bond acceptors (Lipinski definition) is 8. The Labute approximate surface area is 257 Å². The van der Waals surface area contributed by atoms with Gasteiger partial charge in [0.1, 0.15) is 23.2 Å². The Morgan fingerprint density at radius 3 is 2.11 bits per heavy atom. The SMILES string of the molecule is CCC(=O)C(C)c1ccc(-c2ccc(O)c3c2C[C@]2(C)C[C@]4(C)C(C(C)C)C(=O)C(C(C)=O)C(=O)[C@]4(O)C(=O)C2C3=O)cc1. The topological polar surface area (TPSA) is 143 Å². The van der Waals surface area contributed by atoms with Crippen molar-refractivity contribution in [3.05, 3.63) is 53.1 Å². The van der Waals surface area contributed by atoms with Gasteiger partial charge in [-0.2, -0.15) is 0 Å². The summed E-state index contributed by atoms with van der Waals surface area (Å²) in [5.41, 5.74) is -2.60. The van der Waals surface area contributed by atoms with Crippen LogP contribution < -0.4 is 0 Å². The zero-order valence-electron chi connectivity index (χ0n) is 26.3. The number of phenols is 1. The molecule has 0 spiro atoms. The molecular formula is C36H40O8. The molecule has 2 N–H and O–H groups in total. The Hall–Kier alpha value is -3.78.